The fourth-order valence-corrected chi connectivity index (χ4v) is 2.94. The van der Waals surface area contributed by atoms with Crippen LogP contribution in [-0.4, -0.2) is 62.2 Å². The number of hydrogen-bond donors (Lipinski definition) is 1. The molecular formula is C14H19N4O3S-. The fraction of sp³-hybridized carbons (Fsp3) is 0.571. The first-order valence-corrected chi connectivity index (χ1v) is 8.53. The zero-order valence-electron chi connectivity index (χ0n) is 12.2. The van der Waals surface area contributed by atoms with Crippen LogP contribution < -0.4 is 4.72 Å². The SMILES string of the molecule is O=C(c1ccc(NS(=O)[O-])nc1)N1CCN(CC2CC2)CC1. The fourth-order valence-electron chi connectivity index (χ4n) is 2.65. The number of piperazine rings is 1. The summed E-state index contributed by atoms with van der Waals surface area (Å²) < 4.78 is 23.2. The molecule has 1 aliphatic heterocycles. The van der Waals surface area contributed by atoms with E-state index in [2.05, 4.69) is 14.6 Å². The summed E-state index contributed by atoms with van der Waals surface area (Å²) >= 11 is -2.41. The Morgan fingerprint density at radius 3 is 2.59 bits per heavy atom. The van der Waals surface area contributed by atoms with Crippen LogP contribution in [0.5, 0.6) is 0 Å². The van der Waals surface area contributed by atoms with Crippen LogP contribution in [0.3, 0.4) is 0 Å². The minimum atomic E-state index is -2.41. The molecule has 1 atom stereocenters. The molecular weight excluding hydrogens is 304 g/mol. The highest BCUT2D eigenvalue weighted by atomic mass is 32.2. The third-order valence-corrected chi connectivity index (χ3v) is 4.45. The molecule has 0 radical (unpaired) electrons. The van der Waals surface area contributed by atoms with E-state index in [1.165, 1.54) is 25.1 Å². The van der Waals surface area contributed by atoms with E-state index in [-0.39, 0.29) is 11.7 Å². The number of carbonyl (C=O) groups is 1. The lowest BCUT2D eigenvalue weighted by Crippen LogP contribution is -2.49. The molecule has 0 bridgehead atoms. The second-order valence-corrected chi connectivity index (χ2v) is 6.48. The predicted octanol–water partition coefficient (Wildman–Crippen LogP) is 0.455. The molecule has 2 fully saturated rings. The molecule has 2 heterocycles. The van der Waals surface area contributed by atoms with E-state index < -0.39 is 11.3 Å². The molecule has 1 aliphatic carbocycles. The van der Waals surface area contributed by atoms with E-state index in [0.29, 0.717) is 5.56 Å². The van der Waals surface area contributed by atoms with Crippen molar-refractivity contribution in [2.75, 3.05) is 37.4 Å². The molecule has 0 aromatic carbocycles. The van der Waals surface area contributed by atoms with Crippen LogP contribution in [0, 0.1) is 5.92 Å². The van der Waals surface area contributed by atoms with Crippen LogP contribution in [0.1, 0.15) is 23.2 Å². The second-order valence-electron chi connectivity index (χ2n) is 5.81. The van der Waals surface area contributed by atoms with Gasteiger partial charge in [0, 0.05) is 50.2 Å². The van der Waals surface area contributed by atoms with Crippen molar-refractivity contribution in [3.63, 3.8) is 0 Å². The quantitative estimate of drug-likeness (QED) is 0.795. The van der Waals surface area contributed by atoms with Crippen molar-refractivity contribution in [1.82, 2.24) is 14.8 Å². The van der Waals surface area contributed by atoms with Gasteiger partial charge in [-0.3, -0.25) is 13.9 Å². The number of anilines is 1. The lowest BCUT2D eigenvalue weighted by atomic mass is 10.2. The lowest BCUT2D eigenvalue weighted by molar-refractivity contribution is 0.0631. The first-order chi connectivity index (χ1) is 10.6. The van der Waals surface area contributed by atoms with Crippen LogP contribution >= 0.6 is 0 Å². The van der Waals surface area contributed by atoms with E-state index in [9.17, 15) is 13.6 Å². The van der Waals surface area contributed by atoms with E-state index in [0.717, 1.165) is 38.6 Å². The third kappa shape index (κ3) is 4.02. The van der Waals surface area contributed by atoms with Gasteiger partial charge >= 0.3 is 0 Å². The van der Waals surface area contributed by atoms with Gasteiger partial charge in [-0.2, -0.15) is 0 Å². The summed E-state index contributed by atoms with van der Waals surface area (Å²) in [5, 5.41) is 0. The number of nitrogens with one attached hydrogen (secondary N) is 1. The maximum atomic E-state index is 12.4. The van der Waals surface area contributed by atoms with Crippen LogP contribution in [0.15, 0.2) is 18.3 Å². The van der Waals surface area contributed by atoms with Crippen molar-refractivity contribution < 1.29 is 13.6 Å². The minimum Gasteiger partial charge on any atom is -0.755 e. The van der Waals surface area contributed by atoms with Crippen molar-refractivity contribution >= 4 is 23.0 Å². The zero-order valence-corrected chi connectivity index (χ0v) is 13.1. The molecule has 1 N–H and O–H groups in total. The molecule has 1 aromatic rings. The number of rotatable bonds is 5. The van der Waals surface area contributed by atoms with E-state index in [1.807, 2.05) is 4.90 Å². The molecule has 120 valence electrons. The molecule has 1 aromatic heterocycles. The van der Waals surface area contributed by atoms with Gasteiger partial charge in [0.25, 0.3) is 5.91 Å². The van der Waals surface area contributed by atoms with Gasteiger partial charge in [0.1, 0.15) is 5.82 Å². The Kier molecular flexibility index (Phi) is 4.70. The number of hydrogen-bond acceptors (Lipinski definition) is 5. The summed E-state index contributed by atoms with van der Waals surface area (Å²) in [4.78, 5) is 20.6. The number of nitrogens with zero attached hydrogens (tertiary/aromatic N) is 3. The largest absolute Gasteiger partial charge is 0.755 e. The van der Waals surface area contributed by atoms with Crippen molar-refractivity contribution in [3.8, 4) is 0 Å². The standard InChI is InChI=1S/C14H20N4O3S/c19-14(12-3-4-13(15-9-12)16-22(20)21)18-7-5-17(6-8-18)10-11-1-2-11/h3-4,9,11H,1-2,5-8,10H2,(H,15,16)(H,20,21)/p-1. The van der Waals surface area contributed by atoms with Gasteiger partial charge in [0.15, 0.2) is 0 Å². The van der Waals surface area contributed by atoms with Gasteiger partial charge in [0.2, 0.25) is 0 Å². The summed E-state index contributed by atoms with van der Waals surface area (Å²) in [6.45, 7) is 4.47. The van der Waals surface area contributed by atoms with E-state index in [1.54, 1.807) is 6.07 Å². The number of pyridine rings is 1. The smallest absolute Gasteiger partial charge is 0.255 e. The molecule has 1 saturated carbocycles. The summed E-state index contributed by atoms with van der Waals surface area (Å²) in [6.07, 6.45) is 4.10. The first-order valence-electron chi connectivity index (χ1n) is 7.45. The zero-order chi connectivity index (χ0) is 15.5. The Balaban J connectivity index is 1.53. The Hall–Kier alpha value is -1.51. The summed E-state index contributed by atoms with van der Waals surface area (Å²) in [5.74, 6) is 1.03. The van der Waals surface area contributed by atoms with Crippen molar-refractivity contribution in [2.24, 2.45) is 5.92 Å². The molecule has 22 heavy (non-hydrogen) atoms. The average molecular weight is 323 g/mol. The highest BCUT2D eigenvalue weighted by molar-refractivity contribution is 7.80. The van der Waals surface area contributed by atoms with Crippen molar-refractivity contribution in [2.45, 2.75) is 12.8 Å². The summed E-state index contributed by atoms with van der Waals surface area (Å²) in [7, 11) is 0. The third-order valence-electron chi connectivity index (χ3n) is 4.07. The maximum Gasteiger partial charge on any atom is 0.255 e. The molecule has 2 aliphatic rings. The first kappa shape index (κ1) is 15.4. The Morgan fingerprint density at radius 1 is 1.32 bits per heavy atom. The maximum absolute atomic E-state index is 12.4. The predicted molar refractivity (Wildman–Crippen MR) is 81.8 cm³/mol. The highest BCUT2D eigenvalue weighted by Crippen LogP contribution is 2.29. The molecule has 3 rings (SSSR count). The Bertz CT molecular complexity index is 554. The lowest BCUT2D eigenvalue weighted by Gasteiger charge is -2.34. The van der Waals surface area contributed by atoms with Crippen molar-refractivity contribution in [1.29, 1.82) is 0 Å². The van der Waals surface area contributed by atoms with Crippen molar-refractivity contribution in [3.05, 3.63) is 23.9 Å². The topological polar surface area (TPSA) is 88.6 Å². The normalized spacial score (nSPS) is 20.7. The van der Waals surface area contributed by atoms with Crippen LogP contribution in [0.2, 0.25) is 0 Å². The molecule has 0 spiro atoms. The average Bonchev–Trinajstić information content (AvgIpc) is 3.31. The van der Waals surface area contributed by atoms with Gasteiger partial charge in [0.05, 0.1) is 5.56 Å². The Morgan fingerprint density at radius 2 is 2.05 bits per heavy atom. The molecule has 8 heteroatoms. The van der Waals surface area contributed by atoms with E-state index in [4.69, 9.17) is 0 Å². The van der Waals surface area contributed by atoms with Crippen LogP contribution in [-0.2, 0) is 11.3 Å². The van der Waals surface area contributed by atoms with Gasteiger partial charge in [-0.25, -0.2) is 4.98 Å². The summed E-state index contributed by atoms with van der Waals surface area (Å²) in [5.41, 5.74) is 0.484. The number of aromatic nitrogens is 1. The summed E-state index contributed by atoms with van der Waals surface area (Å²) in [6, 6.07) is 3.09. The molecule has 7 nitrogen and oxygen atoms in total. The minimum absolute atomic E-state index is 0.0478. The van der Waals surface area contributed by atoms with Gasteiger partial charge in [-0.15, -0.1) is 0 Å². The van der Waals surface area contributed by atoms with Gasteiger partial charge < -0.3 is 14.2 Å². The number of amides is 1. The van der Waals surface area contributed by atoms with E-state index >= 15 is 0 Å². The van der Waals surface area contributed by atoms with Gasteiger partial charge in [-0.05, 0) is 30.9 Å². The van der Waals surface area contributed by atoms with Crippen LogP contribution in [0.4, 0.5) is 5.82 Å². The molecule has 1 amide bonds. The highest BCUT2D eigenvalue weighted by Gasteiger charge is 2.27. The second kappa shape index (κ2) is 6.72. The van der Waals surface area contributed by atoms with Crippen LogP contribution in [0.25, 0.3) is 0 Å². The Labute approximate surface area is 132 Å². The molecule has 1 unspecified atom stereocenters. The van der Waals surface area contributed by atoms with Gasteiger partial charge in [-0.1, -0.05) is 0 Å². The molecule has 1 saturated heterocycles. The number of carbonyl (C=O) groups excluding carboxylic acids is 1. The monoisotopic (exact) mass is 323 g/mol.